The van der Waals surface area contributed by atoms with Crippen LogP contribution in [0.2, 0.25) is 0 Å². The van der Waals surface area contributed by atoms with Gasteiger partial charge >= 0.3 is 0 Å². The first kappa shape index (κ1) is 16.6. The maximum absolute atomic E-state index is 13.0. The molecule has 1 aromatic rings. The Balaban J connectivity index is 2.29. The first-order valence-electron chi connectivity index (χ1n) is 7.33. The molecule has 1 heterocycles. The number of amides is 1. The average Bonchev–Trinajstić information content (AvgIpc) is 2.53. The van der Waals surface area contributed by atoms with Crippen molar-refractivity contribution in [3.05, 3.63) is 23.8 Å². The Morgan fingerprint density at radius 2 is 2.14 bits per heavy atom. The highest BCUT2D eigenvalue weighted by Gasteiger charge is 2.30. The zero-order valence-electron chi connectivity index (χ0n) is 13.7. The van der Waals surface area contributed by atoms with Crippen LogP contribution in [0, 0.1) is 0 Å². The number of rotatable bonds is 5. The summed E-state index contributed by atoms with van der Waals surface area (Å²) in [5.41, 5.74) is 0.521. The summed E-state index contributed by atoms with van der Waals surface area (Å²) in [5, 5.41) is 0. The van der Waals surface area contributed by atoms with E-state index in [0.717, 1.165) is 6.54 Å². The van der Waals surface area contributed by atoms with Crippen LogP contribution in [0.5, 0.6) is 11.5 Å². The molecule has 0 unspecified atom stereocenters. The number of nitrogens with zero attached hydrogens (tertiary/aromatic N) is 2. The van der Waals surface area contributed by atoms with Crippen LogP contribution in [0.4, 0.5) is 0 Å². The van der Waals surface area contributed by atoms with E-state index in [0.29, 0.717) is 36.8 Å². The van der Waals surface area contributed by atoms with Gasteiger partial charge in [0.05, 0.1) is 39.0 Å². The highest BCUT2D eigenvalue weighted by Crippen LogP contribution is 2.32. The first-order valence-corrected chi connectivity index (χ1v) is 7.33. The summed E-state index contributed by atoms with van der Waals surface area (Å²) in [6, 6.07) is 5.39. The number of likely N-dealkylation sites (N-methyl/N-ethyl adjacent to an activating group) is 1. The third kappa shape index (κ3) is 3.51. The molecule has 1 aromatic carbocycles. The van der Waals surface area contributed by atoms with Crippen LogP contribution in [-0.2, 0) is 4.74 Å². The fraction of sp³-hybridized carbons (Fsp3) is 0.562. The maximum Gasteiger partial charge on any atom is 0.258 e. The highest BCUT2D eigenvalue weighted by atomic mass is 16.5. The summed E-state index contributed by atoms with van der Waals surface area (Å²) < 4.78 is 16.2. The molecule has 0 saturated carbocycles. The van der Waals surface area contributed by atoms with Gasteiger partial charge in [0, 0.05) is 13.1 Å². The van der Waals surface area contributed by atoms with Crippen LogP contribution < -0.4 is 9.47 Å². The molecule has 2 rings (SSSR count). The number of hydrogen-bond donors (Lipinski definition) is 0. The van der Waals surface area contributed by atoms with Crippen molar-refractivity contribution in [2.24, 2.45) is 0 Å². The quantitative estimate of drug-likeness (QED) is 0.815. The van der Waals surface area contributed by atoms with Crippen molar-refractivity contribution < 1.29 is 19.0 Å². The van der Waals surface area contributed by atoms with Crippen LogP contribution in [0.15, 0.2) is 18.2 Å². The van der Waals surface area contributed by atoms with Crippen molar-refractivity contribution in [3.63, 3.8) is 0 Å². The number of ether oxygens (including phenoxy) is 3. The summed E-state index contributed by atoms with van der Waals surface area (Å²) in [7, 11) is 7.09. The van der Waals surface area contributed by atoms with Gasteiger partial charge in [0.15, 0.2) is 11.5 Å². The number of morpholine rings is 1. The molecule has 0 aromatic heterocycles. The van der Waals surface area contributed by atoms with Crippen LogP contribution in [0.1, 0.15) is 10.4 Å². The van der Waals surface area contributed by atoms with Gasteiger partial charge in [-0.15, -0.1) is 0 Å². The van der Waals surface area contributed by atoms with Gasteiger partial charge in [-0.3, -0.25) is 4.79 Å². The normalized spacial score (nSPS) is 18.4. The van der Waals surface area contributed by atoms with Crippen molar-refractivity contribution in [3.8, 4) is 11.5 Å². The Morgan fingerprint density at radius 3 is 2.77 bits per heavy atom. The molecule has 1 atom stereocenters. The summed E-state index contributed by atoms with van der Waals surface area (Å²) in [4.78, 5) is 16.9. The average molecular weight is 308 g/mol. The largest absolute Gasteiger partial charge is 0.493 e. The molecule has 0 spiro atoms. The van der Waals surface area contributed by atoms with Crippen molar-refractivity contribution in [1.29, 1.82) is 0 Å². The van der Waals surface area contributed by atoms with Crippen molar-refractivity contribution in [2.75, 3.05) is 54.6 Å². The predicted octanol–water partition coefficient (Wildman–Crippen LogP) is 1.11. The van der Waals surface area contributed by atoms with Crippen LogP contribution in [0.3, 0.4) is 0 Å². The van der Waals surface area contributed by atoms with E-state index >= 15 is 0 Å². The molecule has 1 fully saturated rings. The molecule has 1 saturated heterocycles. The number of carbonyl (C=O) groups is 1. The number of methoxy groups -OCH3 is 2. The minimum absolute atomic E-state index is 0.0344. The molecule has 1 amide bonds. The second-order valence-corrected chi connectivity index (χ2v) is 5.53. The molecule has 0 aliphatic carbocycles. The minimum Gasteiger partial charge on any atom is -0.493 e. The van der Waals surface area contributed by atoms with Crippen LogP contribution in [-0.4, -0.2) is 76.4 Å². The number of benzene rings is 1. The lowest BCUT2D eigenvalue weighted by atomic mass is 10.1. The zero-order valence-corrected chi connectivity index (χ0v) is 13.7. The van der Waals surface area contributed by atoms with Gasteiger partial charge in [0.2, 0.25) is 0 Å². The molecule has 0 N–H and O–H groups in total. The van der Waals surface area contributed by atoms with E-state index in [2.05, 4.69) is 4.90 Å². The van der Waals surface area contributed by atoms with Crippen molar-refractivity contribution >= 4 is 5.91 Å². The zero-order chi connectivity index (χ0) is 16.1. The van der Waals surface area contributed by atoms with Crippen LogP contribution in [0.25, 0.3) is 0 Å². The maximum atomic E-state index is 13.0. The molecular formula is C16H24N2O4. The van der Waals surface area contributed by atoms with E-state index in [4.69, 9.17) is 14.2 Å². The second-order valence-electron chi connectivity index (χ2n) is 5.53. The number of para-hydroxylation sites is 1. The minimum atomic E-state index is -0.0501. The van der Waals surface area contributed by atoms with Gasteiger partial charge in [0.25, 0.3) is 5.91 Å². The number of carbonyl (C=O) groups excluding carboxylic acids is 1. The molecule has 0 radical (unpaired) electrons. The van der Waals surface area contributed by atoms with Gasteiger partial charge < -0.3 is 24.0 Å². The van der Waals surface area contributed by atoms with Crippen LogP contribution >= 0.6 is 0 Å². The van der Waals surface area contributed by atoms with E-state index in [1.54, 1.807) is 32.4 Å². The monoisotopic (exact) mass is 308 g/mol. The standard InChI is InChI=1S/C16H24N2O4/c1-17(2)10-12-11-22-9-8-18(12)16(19)13-6-5-7-14(20-3)15(13)21-4/h5-7,12H,8-11H2,1-4H3/t12-/m0/s1. The third-order valence-corrected chi connectivity index (χ3v) is 3.70. The predicted molar refractivity (Wildman–Crippen MR) is 83.7 cm³/mol. The van der Waals surface area contributed by atoms with E-state index in [9.17, 15) is 4.79 Å². The van der Waals surface area contributed by atoms with E-state index in [-0.39, 0.29) is 11.9 Å². The smallest absolute Gasteiger partial charge is 0.258 e. The molecular weight excluding hydrogens is 284 g/mol. The topological polar surface area (TPSA) is 51.2 Å². The first-order chi connectivity index (χ1) is 10.6. The fourth-order valence-electron chi connectivity index (χ4n) is 2.71. The van der Waals surface area contributed by atoms with Gasteiger partial charge in [-0.2, -0.15) is 0 Å². The van der Waals surface area contributed by atoms with Gasteiger partial charge in [0.1, 0.15) is 0 Å². The Bertz CT molecular complexity index is 519. The van der Waals surface area contributed by atoms with Gasteiger partial charge in [-0.05, 0) is 26.2 Å². The highest BCUT2D eigenvalue weighted by molar-refractivity contribution is 5.98. The van der Waals surface area contributed by atoms with Gasteiger partial charge in [-0.1, -0.05) is 6.07 Å². The second kappa shape index (κ2) is 7.47. The van der Waals surface area contributed by atoms with E-state index in [1.165, 1.54) is 0 Å². The molecule has 6 nitrogen and oxygen atoms in total. The molecule has 0 bridgehead atoms. The van der Waals surface area contributed by atoms with Gasteiger partial charge in [-0.25, -0.2) is 0 Å². The molecule has 122 valence electrons. The summed E-state index contributed by atoms with van der Waals surface area (Å²) in [5.74, 6) is 0.988. The lowest BCUT2D eigenvalue weighted by Gasteiger charge is -2.37. The lowest BCUT2D eigenvalue weighted by Crippen LogP contribution is -2.52. The van der Waals surface area contributed by atoms with E-state index in [1.807, 2.05) is 19.0 Å². The van der Waals surface area contributed by atoms with E-state index < -0.39 is 0 Å². The number of hydrogen-bond acceptors (Lipinski definition) is 5. The SMILES string of the molecule is COc1cccc(C(=O)N2CCOC[C@@H]2CN(C)C)c1OC. The molecule has 6 heteroatoms. The summed E-state index contributed by atoms with van der Waals surface area (Å²) in [6.45, 7) is 2.45. The molecule has 22 heavy (non-hydrogen) atoms. The van der Waals surface area contributed by atoms with Crippen molar-refractivity contribution in [2.45, 2.75) is 6.04 Å². The Labute approximate surface area is 131 Å². The molecule has 1 aliphatic rings. The summed E-state index contributed by atoms with van der Waals surface area (Å²) >= 11 is 0. The summed E-state index contributed by atoms with van der Waals surface area (Å²) in [6.07, 6.45) is 0. The Kier molecular flexibility index (Phi) is 5.63. The Hall–Kier alpha value is -1.79. The van der Waals surface area contributed by atoms with Crippen molar-refractivity contribution in [1.82, 2.24) is 9.80 Å². The molecule has 1 aliphatic heterocycles. The third-order valence-electron chi connectivity index (χ3n) is 3.70. The Morgan fingerprint density at radius 1 is 1.36 bits per heavy atom. The lowest BCUT2D eigenvalue weighted by molar-refractivity contribution is -0.00845. The fourth-order valence-corrected chi connectivity index (χ4v) is 2.71.